The molecule has 0 bridgehead atoms. The normalized spacial score (nSPS) is 16.0. The third-order valence-corrected chi connectivity index (χ3v) is 4.44. The molecule has 2 heterocycles. The van der Waals surface area contributed by atoms with Crippen molar-refractivity contribution in [3.63, 3.8) is 0 Å². The van der Waals surface area contributed by atoms with E-state index in [0.717, 1.165) is 44.1 Å². The summed E-state index contributed by atoms with van der Waals surface area (Å²) in [6, 6.07) is 2.50. The zero-order chi connectivity index (χ0) is 21.3. The summed E-state index contributed by atoms with van der Waals surface area (Å²) in [6.45, 7) is 11.8. The van der Waals surface area contributed by atoms with E-state index in [9.17, 15) is 13.2 Å². The number of ether oxygens (including phenoxy) is 1. The van der Waals surface area contributed by atoms with Crippen LogP contribution >= 0.6 is 24.0 Å². The van der Waals surface area contributed by atoms with Gasteiger partial charge in [0.25, 0.3) is 0 Å². The first-order valence-corrected chi connectivity index (χ1v) is 9.86. The maximum atomic E-state index is 13.0. The molecular formula is C20H31F3IN5O. The standard InChI is InChI=1S/C20H30F3N5O.HI/c1-4-24-19(27-16-7-11-28(12-8-16)14-15(2)3)26-10-13-29-18-17(20(21,22)23)6-5-9-25-18;/h5-6,9,16H,2,4,7-8,10-14H2,1,3H3,(H2,24,26,27);1H. The Morgan fingerprint density at radius 1 is 1.37 bits per heavy atom. The van der Waals surface area contributed by atoms with Crippen molar-refractivity contribution in [3.05, 3.63) is 36.0 Å². The molecule has 0 amide bonds. The summed E-state index contributed by atoms with van der Waals surface area (Å²) in [5.41, 5.74) is 0.281. The summed E-state index contributed by atoms with van der Waals surface area (Å²) in [4.78, 5) is 10.5. The van der Waals surface area contributed by atoms with E-state index in [-0.39, 0.29) is 37.1 Å². The van der Waals surface area contributed by atoms with E-state index in [2.05, 4.69) is 32.1 Å². The molecule has 0 aromatic carbocycles. The molecule has 1 aromatic rings. The van der Waals surface area contributed by atoms with E-state index < -0.39 is 17.6 Å². The van der Waals surface area contributed by atoms with Gasteiger partial charge in [-0.15, -0.1) is 24.0 Å². The van der Waals surface area contributed by atoms with Crippen molar-refractivity contribution in [2.45, 2.75) is 38.9 Å². The van der Waals surface area contributed by atoms with E-state index in [0.29, 0.717) is 18.5 Å². The van der Waals surface area contributed by atoms with Gasteiger partial charge in [0, 0.05) is 38.4 Å². The first-order chi connectivity index (χ1) is 13.8. The molecule has 1 fully saturated rings. The number of likely N-dealkylation sites (tertiary alicyclic amines) is 1. The molecule has 0 atom stereocenters. The van der Waals surface area contributed by atoms with E-state index in [4.69, 9.17) is 4.74 Å². The number of pyridine rings is 1. The fraction of sp³-hybridized carbons (Fsp3) is 0.600. The SMILES string of the molecule is C=C(C)CN1CCC(NC(=NCCOc2ncccc2C(F)(F)F)NCC)CC1.I. The second-order valence-corrected chi connectivity index (χ2v) is 7.11. The molecule has 0 aliphatic carbocycles. The zero-order valence-electron chi connectivity index (χ0n) is 17.5. The Bertz CT molecular complexity index is 691. The van der Waals surface area contributed by atoms with Crippen molar-refractivity contribution in [3.8, 4) is 5.88 Å². The van der Waals surface area contributed by atoms with E-state index in [1.54, 1.807) is 0 Å². The molecule has 2 rings (SSSR count). The van der Waals surface area contributed by atoms with E-state index >= 15 is 0 Å². The number of hydrogen-bond donors (Lipinski definition) is 2. The van der Waals surface area contributed by atoms with Gasteiger partial charge in [0.1, 0.15) is 12.2 Å². The zero-order valence-corrected chi connectivity index (χ0v) is 19.8. The molecule has 6 nitrogen and oxygen atoms in total. The van der Waals surface area contributed by atoms with Gasteiger partial charge in [0.2, 0.25) is 5.88 Å². The van der Waals surface area contributed by atoms with Crippen molar-refractivity contribution < 1.29 is 17.9 Å². The first-order valence-electron chi connectivity index (χ1n) is 9.86. The van der Waals surface area contributed by atoms with Gasteiger partial charge in [-0.3, -0.25) is 4.90 Å². The molecule has 0 radical (unpaired) electrons. The van der Waals surface area contributed by atoms with Crippen molar-refractivity contribution in [1.29, 1.82) is 0 Å². The van der Waals surface area contributed by atoms with Gasteiger partial charge in [-0.2, -0.15) is 13.2 Å². The fourth-order valence-corrected chi connectivity index (χ4v) is 3.15. The number of nitrogens with zero attached hydrogens (tertiary/aromatic N) is 3. The highest BCUT2D eigenvalue weighted by Gasteiger charge is 2.35. The van der Waals surface area contributed by atoms with Gasteiger partial charge in [-0.1, -0.05) is 12.2 Å². The van der Waals surface area contributed by atoms with Crippen molar-refractivity contribution in [1.82, 2.24) is 20.5 Å². The third kappa shape index (κ3) is 9.07. The Morgan fingerprint density at radius 3 is 2.67 bits per heavy atom. The molecule has 1 aliphatic heterocycles. The predicted octanol–water partition coefficient (Wildman–Crippen LogP) is 3.69. The molecule has 0 unspecified atom stereocenters. The molecule has 30 heavy (non-hydrogen) atoms. The van der Waals surface area contributed by atoms with Gasteiger partial charge in [0.05, 0.1) is 6.54 Å². The second kappa shape index (κ2) is 13.0. The highest BCUT2D eigenvalue weighted by molar-refractivity contribution is 14.0. The Kier molecular flexibility index (Phi) is 11.5. The monoisotopic (exact) mass is 541 g/mol. The Morgan fingerprint density at radius 2 is 2.07 bits per heavy atom. The summed E-state index contributed by atoms with van der Waals surface area (Å²) in [7, 11) is 0. The molecule has 0 saturated carbocycles. The topological polar surface area (TPSA) is 61.8 Å². The lowest BCUT2D eigenvalue weighted by molar-refractivity contribution is -0.139. The van der Waals surface area contributed by atoms with Gasteiger partial charge >= 0.3 is 6.18 Å². The Balaban J connectivity index is 0.00000450. The maximum Gasteiger partial charge on any atom is 0.421 e. The van der Waals surface area contributed by atoms with Crippen LogP contribution in [0.4, 0.5) is 13.2 Å². The van der Waals surface area contributed by atoms with Crippen LogP contribution in [0.2, 0.25) is 0 Å². The van der Waals surface area contributed by atoms with Crippen LogP contribution in [0.15, 0.2) is 35.5 Å². The number of rotatable bonds is 8. The second-order valence-electron chi connectivity index (χ2n) is 7.11. The largest absolute Gasteiger partial charge is 0.475 e. The van der Waals surface area contributed by atoms with Crippen LogP contribution in [0.1, 0.15) is 32.3 Å². The minimum atomic E-state index is -4.50. The maximum absolute atomic E-state index is 13.0. The van der Waals surface area contributed by atoms with Crippen LogP contribution in [0, 0.1) is 0 Å². The molecule has 1 aliphatic rings. The van der Waals surface area contributed by atoms with Gasteiger partial charge in [0.15, 0.2) is 5.96 Å². The summed E-state index contributed by atoms with van der Waals surface area (Å²) >= 11 is 0. The number of hydrogen-bond acceptors (Lipinski definition) is 4. The average molecular weight is 541 g/mol. The van der Waals surface area contributed by atoms with Gasteiger partial charge in [-0.25, -0.2) is 9.98 Å². The van der Waals surface area contributed by atoms with Crippen LogP contribution in [-0.4, -0.2) is 61.2 Å². The minimum Gasteiger partial charge on any atom is -0.475 e. The number of aliphatic imine (C=N–C) groups is 1. The summed E-state index contributed by atoms with van der Waals surface area (Å²) in [5.74, 6) is 0.226. The third-order valence-electron chi connectivity index (χ3n) is 4.44. The summed E-state index contributed by atoms with van der Waals surface area (Å²) in [6.07, 6.45) is -1.23. The molecule has 0 spiro atoms. The van der Waals surface area contributed by atoms with Crippen LogP contribution < -0.4 is 15.4 Å². The number of piperidine rings is 1. The molecule has 1 saturated heterocycles. The molecular weight excluding hydrogens is 510 g/mol. The predicted molar refractivity (Wildman–Crippen MR) is 124 cm³/mol. The molecule has 170 valence electrons. The van der Waals surface area contributed by atoms with E-state index in [1.807, 2.05) is 13.8 Å². The first kappa shape index (κ1) is 26.5. The number of guanidine groups is 1. The number of alkyl halides is 3. The highest BCUT2D eigenvalue weighted by atomic mass is 127. The molecule has 2 N–H and O–H groups in total. The number of aromatic nitrogens is 1. The fourth-order valence-electron chi connectivity index (χ4n) is 3.15. The number of nitrogens with one attached hydrogen (secondary N) is 2. The average Bonchev–Trinajstić information content (AvgIpc) is 2.66. The number of halogens is 4. The highest BCUT2D eigenvalue weighted by Crippen LogP contribution is 2.34. The Hall–Kier alpha value is -1.56. The smallest absolute Gasteiger partial charge is 0.421 e. The lowest BCUT2D eigenvalue weighted by atomic mass is 10.0. The molecule has 1 aromatic heterocycles. The van der Waals surface area contributed by atoms with Gasteiger partial charge in [-0.05, 0) is 38.8 Å². The van der Waals surface area contributed by atoms with E-state index in [1.165, 1.54) is 12.3 Å². The lowest BCUT2D eigenvalue weighted by Gasteiger charge is -2.33. The lowest BCUT2D eigenvalue weighted by Crippen LogP contribution is -2.49. The van der Waals surface area contributed by atoms with Gasteiger partial charge < -0.3 is 15.4 Å². The van der Waals surface area contributed by atoms with Crippen molar-refractivity contribution in [2.24, 2.45) is 4.99 Å². The molecule has 10 heteroatoms. The Labute approximate surface area is 193 Å². The summed E-state index contributed by atoms with van der Waals surface area (Å²) < 4.78 is 44.1. The van der Waals surface area contributed by atoms with Crippen LogP contribution in [0.5, 0.6) is 5.88 Å². The van der Waals surface area contributed by atoms with Crippen LogP contribution in [-0.2, 0) is 6.18 Å². The quantitative estimate of drug-likeness (QED) is 0.173. The van der Waals surface area contributed by atoms with Crippen molar-refractivity contribution in [2.75, 3.05) is 39.3 Å². The van der Waals surface area contributed by atoms with Crippen molar-refractivity contribution >= 4 is 29.9 Å². The van der Waals surface area contributed by atoms with Crippen LogP contribution in [0.25, 0.3) is 0 Å². The van der Waals surface area contributed by atoms with Crippen LogP contribution in [0.3, 0.4) is 0 Å². The minimum absolute atomic E-state index is 0. The summed E-state index contributed by atoms with van der Waals surface area (Å²) in [5, 5.41) is 6.57.